The molecule has 1 saturated heterocycles. The van der Waals surface area contributed by atoms with Gasteiger partial charge >= 0.3 is 5.97 Å². The van der Waals surface area contributed by atoms with E-state index in [1.165, 1.54) is 25.8 Å². The number of benzene rings is 1. The predicted octanol–water partition coefficient (Wildman–Crippen LogP) is 2.72. The molecule has 1 aliphatic heterocycles. The molecule has 0 spiro atoms. The van der Waals surface area contributed by atoms with Crippen molar-refractivity contribution in [3.05, 3.63) is 23.8 Å². The maximum Gasteiger partial charge on any atom is 0.337 e. The summed E-state index contributed by atoms with van der Waals surface area (Å²) in [6.07, 6.45) is 4.57. The predicted molar refractivity (Wildman–Crippen MR) is 78.4 cm³/mol. The molecule has 0 atom stereocenters. The largest absolute Gasteiger partial charge is 0.478 e. The minimum absolute atomic E-state index is 0.205. The molecule has 20 heavy (non-hydrogen) atoms. The topological polar surface area (TPSA) is 69.6 Å². The van der Waals surface area contributed by atoms with Crippen LogP contribution in [0.15, 0.2) is 18.2 Å². The van der Waals surface area contributed by atoms with Crippen LogP contribution in [0.2, 0.25) is 0 Å². The number of amides is 1. The quantitative estimate of drug-likeness (QED) is 0.890. The van der Waals surface area contributed by atoms with E-state index in [2.05, 4.69) is 10.2 Å². The Hall–Kier alpha value is -2.04. The van der Waals surface area contributed by atoms with Crippen molar-refractivity contribution < 1.29 is 14.7 Å². The summed E-state index contributed by atoms with van der Waals surface area (Å²) in [7, 11) is 0. The molecule has 0 bridgehead atoms. The van der Waals surface area contributed by atoms with Crippen molar-refractivity contribution in [1.29, 1.82) is 0 Å². The molecule has 5 heteroatoms. The van der Waals surface area contributed by atoms with Crippen LogP contribution in [0.25, 0.3) is 0 Å². The fourth-order valence-corrected chi connectivity index (χ4v) is 2.58. The fraction of sp³-hybridized carbons (Fsp3) is 0.467. The third kappa shape index (κ3) is 3.50. The standard InChI is InChI=1S/C15H20N2O3/c1-11(18)16-12-6-7-14(13(10-12)15(19)20)17-8-4-2-3-5-9-17/h6-7,10H,2-5,8-9H2,1H3,(H,16,18)(H,19,20). The SMILES string of the molecule is CC(=O)Nc1ccc(N2CCCCCC2)c(C(=O)O)c1. The summed E-state index contributed by atoms with van der Waals surface area (Å²) in [5.41, 5.74) is 1.51. The van der Waals surface area contributed by atoms with E-state index >= 15 is 0 Å². The highest BCUT2D eigenvalue weighted by Gasteiger charge is 2.18. The molecule has 1 aliphatic rings. The van der Waals surface area contributed by atoms with Gasteiger partial charge < -0.3 is 15.3 Å². The van der Waals surface area contributed by atoms with E-state index in [4.69, 9.17) is 0 Å². The van der Waals surface area contributed by atoms with Crippen molar-refractivity contribution in [3.63, 3.8) is 0 Å². The number of carbonyl (C=O) groups excluding carboxylic acids is 1. The highest BCUT2D eigenvalue weighted by molar-refractivity contribution is 5.97. The number of hydrogen-bond acceptors (Lipinski definition) is 3. The Kier molecular flexibility index (Phi) is 4.61. The molecule has 0 saturated carbocycles. The summed E-state index contributed by atoms with van der Waals surface area (Å²) in [6, 6.07) is 5.08. The zero-order valence-corrected chi connectivity index (χ0v) is 11.7. The van der Waals surface area contributed by atoms with Gasteiger partial charge in [-0.15, -0.1) is 0 Å². The first-order chi connectivity index (χ1) is 9.58. The van der Waals surface area contributed by atoms with Crippen molar-refractivity contribution in [3.8, 4) is 0 Å². The van der Waals surface area contributed by atoms with Crippen molar-refractivity contribution in [2.75, 3.05) is 23.3 Å². The van der Waals surface area contributed by atoms with Crippen LogP contribution in [0.4, 0.5) is 11.4 Å². The van der Waals surface area contributed by atoms with Gasteiger partial charge in [0, 0.05) is 25.7 Å². The van der Waals surface area contributed by atoms with Gasteiger partial charge in [0.15, 0.2) is 0 Å². The number of nitrogens with zero attached hydrogens (tertiary/aromatic N) is 1. The molecule has 5 nitrogen and oxygen atoms in total. The van der Waals surface area contributed by atoms with Gasteiger partial charge in [-0.1, -0.05) is 12.8 Å². The van der Waals surface area contributed by atoms with E-state index in [0.717, 1.165) is 31.6 Å². The Labute approximate surface area is 118 Å². The maximum absolute atomic E-state index is 11.4. The van der Waals surface area contributed by atoms with Gasteiger partial charge in [0.1, 0.15) is 0 Å². The highest BCUT2D eigenvalue weighted by atomic mass is 16.4. The lowest BCUT2D eigenvalue weighted by Gasteiger charge is -2.24. The minimum Gasteiger partial charge on any atom is -0.478 e. The van der Waals surface area contributed by atoms with Crippen LogP contribution >= 0.6 is 0 Å². The fourth-order valence-electron chi connectivity index (χ4n) is 2.58. The van der Waals surface area contributed by atoms with Crippen LogP contribution in [0.3, 0.4) is 0 Å². The number of aromatic carboxylic acids is 1. The van der Waals surface area contributed by atoms with Crippen LogP contribution in [0.1, 0.15) is 43.0 Å². The normalized spacial score (nSPS) is 15.6. The summed E-state index contributed by atoms with van der Waals surface area (Å²) >= 11 is 0. The molecule has 2 N–H and O–H groups in total. The number of carboxylic acid groups (broad SMARTS) is 1. The number of hydrogen-bond donors (Lipinski definition) is 2. The van der Waals surface area contributed by atoms with Gasteiger partial charge in [-0.05, 0) is 31.0 Å². The molecule has 1 amide bonds. The summed E-state index contributed by atoms with van der Waals surface area (Å²) in [5.74, 6) is -1.17. The van der Waals surface area contributed by atoms with Crippen molar-refractivity contribution in [1.82, 2.24) is 0 Å². The van der Waals surface area contributed by atoms with Crippen LogP contribution in [0, 0.1) is 0 Å². The number of rotatable bonds is 3. The van der Waals surface area contributed by atoms with Crippen molar-refractivity contribution >= 4 is 23.3 Å². The van der Waals surface area contributed by atoms with Crippen molar-refractivity contribution in [2.45, 2.75) is 32.6 Å². The smallest absolute Gasteiger partial charge is 0.337 e. The number of nitrogens with one attached hydrogen (secondary N) is 1. The summed E-state index contributed by atoms with van der Waals surface area (Å²) in [4.78, 5) is 24.6. The third-order valence-electron chi connectivity index (χ3n) is 3.49. The van der Waals surface area contributed by atoms with E-state index in [0.29, 0.717) is 5.69 Å². The van der Waals surface area contributed by atoms with Gasteiger partial charge in [-0.25, -0.2) is 4.79 Å². The van der Waals surface area contributed by atoms with Gasteiger partial charge in [0.25, 0.3) is 0 Å². The Balaban J connectivity index is 2.31. The summed E-state index contributed by atoms with van der Waals surface area (Å²) in [5, 5.41) is 12.0. The minimum atomic E-state index is -0.962. The van der Waals surface area contributed by atoms with E-state index in [9.17, 15) is 14.7 Å². The monoisotopic (exact) mass is 276 g/mol. The van der Waals surface area contributed by atoms with Crippen LogP contribution in [0.5, 0.6) is 0 Å². The lowest BCUT2D eigenvalue weighted by molar-refractivity contribution is -0.114. The average molecular weight is 276 g/mol. The first kappa shape index (κ1) is 14.4. The Morgan fingerprint density at radius 3 is 2.35 bits per heavy atom. The van der Waals surface area contributed by atoms with E-state index in [1.54, 1.807) is 12.1 Å². The molecular weight excluding hydrogens is 256 g/mol. The first-order valence-electron chi connectivity index (χ1n) is 6.98. The zero-order valence-electron chi connectivity index (χ0n) is 11.7. The highest BCUT2D eigenvalue weighted by Crippen LogP contribution is 2.27. The van der Waals surface area contributed by atoms with Crippen LogP contribution < -0.4 is 10.2 Å². The zero-order chi connectivity index (χ0) is 14.5. The van der Waals surface area contributed by atoms with Crippen LogP contribution in [-0.2, 0) is 4.79 Å². The third-order valence-corrected chi connectivity index (χ3v) is 3.49. The Bertz CT molecular complexity index is 506. The Morgan fingerprint density at radius 2 is 1.80 bits per heavy atom. The molecule has 1 heterocycles. The van der Waals surface area contributed by atoms with Gasteiger partial charge in [0.05, 0.1) is 11.3 Å². The lowest BCUT2D eigenvalue weighted by atomic mass is 10.1. The lowest BCUT2D eigenvalue weighted by Crippen LogP contribution is -2.26. The second-order valence-electron chi connectivity index (χ2n) is 5.12. The van der Waals surface area contributed by atoms with Crippen molar-refractivity contribution in [2.24, 2.45) is 0 Å². The van der Waals surface area contributed by atoms with Gasteiger partial charge in [-0.2, -0.15) is 0 Å². The molecule has 0 unspecified atom stereocenters. The molecule has 1 fully saturated rings. The molecule has 2 rings (SSSR count). The Morgan fingerprint density at radius 1 is 1.15 bits per heavy atom. The second-order valence-corrected chi connectivity index (χ2v) is 5.12. The molecule has 0 radical (unpaired) electrons. The molecule has 1 aromatic carbocycles. The van der Waals surface area contributed by atoms with Gasteiger partial charge in [-0.3, -0.25) is 4.79 Å². The van der Waals surface area contributed by atoms with E-state index < -0.39 is 5.97 Å². The molecule has 0 aliphatic carbocycles. The maximum atomic E-state index is 11.4. The second kappa shape index (κ2) is 6.41. The van der Waals surface area contributed by atoms with Crippen LogP contribution in [-0.4, -0.2) is 30.1 Å². The summed E-state index contributed by atoms with van der Waals surface area (Å²) < 4.78 is 0. The van der Waals surface area contributed by atoms with E-state index in [1.807, 2.05) is 0 Å². The van der Waals surface area contributed by atoms with Gasteiger partial charge in [0.2, 0.25) is 5.91 Å². The summed E-state index contributed by atoms with van der Waals surface area (Å²) in [6.45, 7) is 3.18. The molecule has 108 valence electrons. The first-order valence-corrected chi connectivity index (χ1v) is 6.98. The number of anilines is 2. The number of carboxylic acids is 1. The van der Waals surface area contributed by atoms with E-state index in [-0.39, 0.29) is 11.5 Å². The molecule has 0 aromatic heterocycles. The molecule has 1 aromatic rings. The molecular formula is C15H20N2O3. The number of carbonyl (C=O) groups is 2. The average Bonchev–Trinajstić information content (AvgIpc) is 2.66.